The fourth-order valence-corrected chi connectivity index (χ4v) is 2.72. The molecule has 2 atom stereocenters. The highest BCUT2D eigenvalue weighted by Gasteiger charge is 2.30. The van der Waals surface area contributed by atoms with Gasteiger partial charge in [0.2, 0.25) is 0 Å². The second kappa shape index (κ2) is 5.77. The van der Waals surface area contributed by atoms with Gasteiger partial charge in [-0.15, -0.1) is 0 Å². The summed E-state index contributed by atoms with van der Waals surface area (Å²) in [6, 6.07) is 0. The molecule has 1 saturated carbocycles. The van der Waals surface area contributed by atoms with Crippen molar-refractivity contribution in [1.82, 2.24) is 15.1 Å². The first-order valence-corrected chi connectivity index (χ1v) is 7.66. The van der Waals surface area contributed by atoms with Gasteiger partial charge in [0.15, 0.2) is 5.69 Å². The Morgan fingerprint density at radius 3 is 2.95 bits per heavy atom. The van der Waals surface area contributed by atoms with Gasteiger partial charge >= 0.3 is 0 Å². The van der Waals surface area contributed by atoms with Gasteiger partial charge in [0, 0.05) is 25.6 Å². The van der Waals surface area contributed by atoms with Crippen molar-refractivity contribution in [2.45, 2.75) is 51.4 Å². The van der Waals surface area contributed by atoms with Crippen LogP contribution in [0.3, 0.4) is 0 Å². The summed E-state index contributed by atoms with van der Waals surface area (Å²) in [5, 5.41) is 7.19. The number of hydrogen-bond donors (Lipinski definition) is 1. The topological polar surface area (TPSA) is 67.5 Å². The van der Waals surface area contributed by atoms with Crippen molar-refractivity contribution in [3.8, 4) is 0 Å². The molecule has 0 radical (unpaired) electrons. The van der Waals surface area contributed by atoms with Crippen LogP contribution in [-0.2, 0) is 15.9 Å². The Morgan fingerprint density at radius 1 is 1.48 bits per heavy atom. The summed E-state index contributed by atoms with van der Waals surface area (Å²) in [6.45, 7) is 5.19. The fourth-order valence-electron chi connectivity index (χ4n) is 2.72. The SMILES string of the molecule is C[C@@H]1Cc2c(C(=O)N(C)CCOC3CC3)n[nH]c2[C@H](C)O1. The summed E-state index contributed by atoms with van der Waals surface area (Å²) in [5.41, 5.74) is 2.46. The Labute approximate surface area is 124 Å². The molecule has 21 heavy (non-hydrogen) atoms. The lowest BCUT2D eigenvalue weighted by atomic mass is 9.99. The van der Waals surface area contributed by atoms with E-state index in [9.17, 15) is 4.79 Å². The molecule has 1 fully saturated rings. The van der Waals surface area contributed by atoms with Crippen LogP contribution in [0.15, 0.2) is 0 Å². The van der Waals surface area contributed by atoms with Crippen LogP contribution in [-0.4, -0.2) is 53.4 Å². The number of rotatable bonds is 5. The second-order valence-corrected chi connectivity index (χ2v) is 6.05. The number of nitrogens with zero attached hydrogens (tertiary/aromatic N) is 2. The molecule has 0 bridgehead atoms. The van der Waals surface area contributed by atoms with E-state index < -0.39 is 0 Å². The second-order valence-electron chi connectivity index (χ2n) is 6.05. The van der Waals surface area contributed by atoms with E-state index >= 15 is 0 Å². The van der Waals surface area contributed by atoms with E-state index in [4.69, 9.17) is 9.47 Å². The van der Waals surface area contributed by atoms with E-state index in [1.165, 1.54) is 0 Å². The van der Waals surface area contributed by atoms with Gasteiger partial charge in [0.1, 0.15) is 0 Å². The highest BCUT2D eigenvalue weighted by Crippen LogP contribution is 2.30. The summed E-state index contributed by atoms with van der Waals surface area (Å²) in [6.07, 6.45) is 3.52. The summed E-state index contributed by atoms with van der Waals surface area (Å²) >= 11 is 0. The minimum Gasteiger partial charge on any atom is -0.376 e. The zero-order chi connectivity index (χ0) is 15.0. The van der Waals surface area contributed by atoms with E-state index in [1.54, 1.807) is 11.9 Å². The molecule has 2 aliphatic rings. The minimum absolute atomic E-state index is 0.0405. The van der Waals surface area contributed by atoms with Crippen LogP contribution in [0, 0.1) is 0 Å². The molecule has 1 aromatic rings. The molecule has 0 spiro atoms. The third-order valence-electron chi connectivity index (χ3n) is 4.09. The number of nitrogens with one attached hydrogen (secondary N) is 1. The van der Waals surface area contributed by atoms with Gasteiger partial charge in [-0.1, -0.05) is 0 Å². The smallest absolute Gasteiger partial charge is 0.274 e. The summed E-state index contributed by atoms with van der Waals surface area (Å²) in [7, 11) is 1.80. The number of aromatic nitrogens is 2. The fraction of sp³-hybridized carbons (Fsp3) is 0.733. The van der Waals surface area contributed by atoms with Crippen LogP contribution in [0.4, 0.5) is 0 Å². The zero-order valence-corrected chi connectivity index (χ0v) is 12.9. The van der Waals surface area contributed by atoms with Gasteiger partial charge in [0.05, 0.1) is 30.6 Å². The third-order valence-corrected chi connectivity index (χ3v) is 4.09. The maximum Gasteiger partial charge on any atom is 0.274 e. The van der Waals surface area contributed by atoms with Crippen LogP contribution in [0.25, 0.3) is 0 Å². The Balaban J connectivity index is 1.66. The molecule has 3 rings (SSSR count). The first-order valence-electron chi connectivity index (χ1n) is 7.66. The molecule has 1 aliphatic carbocycles. The molecule has 6 nitrogen and oxygen atoms in total. The molecule has 116 valence electrons. The van der Waals surface area contributed by atoms with Gasteiger partial charge in [-0.2, -0.15) is 5.10 Å². The van der Waals surface area contributed by atoms with Crippen molar-refractivity contribution in [1.29, 1.82) is 0 Å². The summed E-state index contributed by atoms with van der Waals surface area (Å²) in [4.78, 5) is 14.2. The zero-order valence-electron chi connectivity index (χ0n) is 12.9. The summed E-state index contributed by atoms with van der Waals surface area (Å²) in [5.74, 6) is -0.0480. The molecule has 1 aliphatic heterocycles. The Kier molecular flexibility index (Phi) is 3.99. The van der Waals surface area contributed by atoms with Crippen molar-refractivity contribution in [3.05, 3.63) is 17.0 Å². The normalized spacial score (nSPS) is 24.7. The lowest BCUT2D eigenvalue weighted by molar-refractivity contribution is -0.00702. The summed E-state index contributed by atoms with van der Waals surface area (Å²) < 4.78 is 11.3. The van der Waals surface area contributed by atoms with Gasteiger partial charge in [0.25, 0.3) is 5.91 Å². The molecular formula is C15H23N3O3. The van der Waals surface area contributed by atoms with Crippen LogP contribution in [0.2, 0.25) is 0 Å². The van der Waals surface area contributed by atoms with E-state index in [1.807, 2.05) is 13.8 Å². The molecular weight excluding hydrogens is 270 g/mol. The third kappa shape index (κ3) is 3.11. The molecule has 6 heteroatoms. The van der Waals surface area contributed by atoms with Gasteiger partial charge in [-0.05, 0) is 26.7 Å². The van der Waals surface area contributed by atoms with Gasteiger partial charge in [-0.25, -0.2) is 0 Å². The molecule has 0 aromatic carbocycles. The first-order chi connectivity index (χ1) is 10.1. The van der Waals surface area contributed by atoms with Gasteiger partial charge < -0.3 is 14.4 Å². The highest BCUT2D eigenvalue weighted by molar-refractivity contribution is 5.94. The van der Waals surface area contributed by atoms with Gasteiger partial charge in [-0.3, -0.25) is 9.89 Å². The average Bonchev–Trinajstić information content (AvgIpc) is 3.16. The quantitative estimate of drug-likeness (QED) is 0.897. The molecule has 1 aromatic heterocycles. The maximum absolute atomic E-state index is 12.5. The predicted molar refractivity (Wildman–Crippen MR) is 77.2 cm³/mol. The Hall–Kier alpha value is -1.40. The lowest BCUT2D eigenvalue weighted by Gasteiger charge is -2.25. The van der Waals surface area contributed by atoms with Crippen LogP contribution in [0.1, 0.15) is 54.5 Å². The first kappa shape index (κ1) is 14.5. The molecule has 2 heterocycles. The van der Waals surface area contributed by atoms with Crippen molar-refractivity contribution in [2.24, 2.45) is 0 Å². The number of carbonyl (C=O) groups excluding carboxylic acids is 1. The molecule has 1 N–H and O–H groups in total. The molecule has 0 saturated heterocycles. The molecule has 1 amide bonds. The van der Waals surface area contributed by atoms with E-state index in [-0.39, 0.29) is 18.1 Å². The maximum atomic E-state index is 12.5. The van der Waals surface area contributed by atoms with Crippen molar-refractivity contribution in [2.75, 3.05) is 20.2 Å². The minimum atomic E-state index is -0.0480. The van der Waals surface area contributed by atoms with Crippen LogP contribution >= 0.6 is 0 Å². The Morgan fingerprint density at radius 2 is 2.24 bits per heavy atom. The number of likely N-dealkylation sites (N-methyl/N-ethyl adjacent to an activating group) is 1. The molecule has 0 unspecified atom stereocenters. The number of carbonyl (C=O) groups is 1. The number of ether oxygens (including phenoxy) is 2. The highest BCUT2D eigenvalue weighted by atomic mass is 16.5. The van der Waals surface area contributed by atoms with Crippen molar-refractivity contribution >= 4 is 5.91 Å². The monoisotopic (exact) mass is 293 g/mol. The lowest BCUT2D eigenvalue weighted by Crippen LogP contribution is -2.32. The number of aromatic amines is 1. The largest absolute Gasteiger partial charge is 0.376 e. The van der Waals surface area contributed by atoms with E-state index in [2.05, 4.69) is 10.2 Å². The van der Waals surface area contributed by atoms with Crippen LogP contribution in [0.5, 0.6) is 0 Å². The van der Waals surface area contributed by atoms with Crippen molar-refractivity contribution < 1.29 is 14.3 Å². The number of fused-ring (bicyclic) bond motifs is 1. The van der Waals surface area contributed by atoms with E-state index in [0.29, 0.717) is 24.9 Å². The standard InChI is InChI=1S/C15H23N3O3/c1-9-8-12-13(10(2)21-9)16-17-14(12)15(19)18(3)6-7-20-11-4-5-11/h9-11H,4-8H2,1-3H3,(H,16,17)/t9-,10+/m1/s1. The van der Waals surface area contributed by atoms with E-state index in [0.717, 1.165) is 30.5 Å². The van der Waals surface area contributed by atoms with Crippen LogP contribution < -0.4 is 0 Å². The Bertz CT molecular complexity index is 524. The number of amides is 1. The average molecular weight is 293 g/mol. The number of hydrogen-bond acceptors (Lipinski definition) is 4. The number of H-pyrrole nitrogens is 1. The predicted octanol–water partition coefficient (Wildman–Crippen LogP) is 1.68. The van der Waals surface area contributed by atoms with Crippen molar-refractivity contribution in [3.63, 3.8) is 0 Å².